The van der Waals surface area contributed by atoms with Gasteiger partial charge in [-0.3, -0.25) is 0 Å². The van der Waals surface area contributed by atoms with Crippen LogP contribution in [-0.2, 0) is 0 Å². The van der Waals surface area contributed by atoms with Gasteiger partial charge >= 0.3 is 18.2 Å². The fraction of sp³-hybridized carbons (Fsp3) is 1.00. The summed E-state index contributed by atoms with van der Waals surface area (Å²) in [6, 6.07) is 0. The Morgan fingerprint density at radius 1 is 1.83 bits per heavy atom. The molecule has 0 spiro atoms. The third-order valence-electron chi connectivity index (χ3n) is 0.507. The summed E-state index contributed by atoms with van der Waals surface area (Å²) in [6.07, 6.45) is 0. The second-order valence-electron chi connectivity index (χ2n) is 1.26. The van der Waals surface area contributed by atoms with Crippen LogP contribution in [0.25, 0.3) is 0 Å². The van der Waals surface area contributed by atoms with Gasteiger partial charge in [0.1, 0.15) is 0 Å². The molecule has 0 aromatic carbocycles. The Morgan fingerprint density at radius 2 is 2.33 bits per heavy atom. The van der Waals surface area contributed by atoms with Crippen molar-refractivity contribution in [3.05, 3.63) is 0 Å². The van der Waals surface area contributed by atoms with Crippen molar-refractivity contribution in [1.29, 1.82) is 0 Å². The first-order valence-corrected chi connectivity index (χ1v) is 7.79. The average Bonchev–Trinajstić information content (AvgIpc) is 1.35. The summed E-state index contributed by atoms with van der Waals surface area (Å²) in [5, 5.41) is 0. The molecule has 0 N–H and O–H groups in total. The summed E-state index contributed by atoms with van der Waals surface area (Å²) in [4.78, 5) is 0.726. The molecule has 0 aromatic heterocycles. The van der Waals surface area contributed by atoms with Crippen molar-refractivity contribution in [2.45, 2.75) is 16.3 Å². The van der Waals surface area contributed by atoms with E-state index in [0.29, 0.717) is 0 Å². The molecule has 34 valence electrons. The summed E-state index contributed by atoms with van der Waals surface area (Å²) in [5.74, 6) is 0. The van der Waals surface area contributed by atoms with E-state index in [4.69, 9.17) is 0 Å². The predicted molar refractivity (Wildman–Crippen MR) is 37.9 cm³/mol. The van der Waals surface area contributed by atoms with Gasteiger partial charge in [-0.25, -0.2) is 0 Å². The minimum Gasteiger partial charge on any atom is -0.307 e. The summed E-state index contributed by atoms with van der Waals surface area (Å²) < 4.78 is 1.35. The van der Waals surface area contributed by atoms with Crippen LogP contribution in [0.3, 0.4) is 0 Å². The second-order valence-corrected chi connectivity index (χ2v) is 6.16. The highest BCUT2D eigenvalue weighted by atomic mass is 79.9. The van der Waals surface area contributed by atoms with Crippen LogP contribution < -0.4 is 0 Å². The lowest BCUT2D eigenvalue weighted by Crippen LogP contribution is -1.88. The molecular weight excluding hydrogens is 220 g/mol. The second kappa shape index (κ2) is 4.87. The van der Waals surface area contributed by atoms with E-state index in [1.807, 2.05) is 0 Å². The molecule has 0 aliphatic heterocycles. The van der Waals surface area contributed by atoms with E-state index in [2.05, 4.69) is 35.7 Å². The lowest BCUT2D eigenvalue weighted by Gasteiger charge is -1.91. The maximum Gasteiger partial charge on any atom is 0.469 e. The van der Waals surface area contributed by atoms with E-state index in [9.17, 15) is 0 Å². The Kier molecular flexibility index (Phi) is 6.28. The third-order valence-corrected chi connectivity index (χ3v) is 4.27. The molecule has 0 aliphatic carbocycles. The molecule has 1 unspecified atom stereocenters. The van der Waals surface area contributed by atoms with Crippen molar-refractivity contribution >= 4 is 47.0 Å². The third kappa shape index (κ3) is 5.73. The first-order chi connectivity index (χ1) is 2.77. The molecule has 0 aromatic rings. The van der Waals surface area contributed by atoms with Crippen molar-refractivity contribution < 1.29 is 0 Å². The van der Waals surface area contributed by atoms with Crippen LogP contribution in [0.2, 0.25) is 4.55 Å². The maximum absolute atomic E-state index is 3.46. The highest BCUT2D eigenvalue weighted by Crippen LogP contribution is 2.03. The largest absolute Gasteiger partial charge is 0.469 e. The van der Waals surface area contributed by atoms with Gasteiger partial charge in [0.15, 0.2) is 0 Å². The number of hydrogen-bond donors (Lipinski definition) is 0. The van der Waals surface area contributed by atoms with Crippen molar-refractivity contribution in [3.63, 3.8) is 0 Å². The first kappa shape index (κ1) is 7.73. The molecule has 0 fully saturated rings. The molecule has 0 rings (SSSR count). The van der Waals surface area contributed by atoms with Crippen LogP contribution in [0.4, 0.5) is 0 Å². The Bertz CT molecular complexity index is 30.0. The van der Waals surface area contributed by atoms with E-state index in [-0.39, 0.29) is 18.2 Å². The van der Waals surface area contributed by atoms with Gasteiger partial charge in [0, 0.05) is 0 Å². The van der Waals surface area contributed by atoms with Gasteiger partial charge in [0.2, 0.25) is 0 Å². The van der Waals surface area contributed by atoms with E-state index in [0.717, 1.165) is 4.83 Å². The van der Waals surface area contributed by atoms with Gasteiger partial charge in [0.25, 0.3) is 0 Å². The lowest BCUT2D eigenvalue weighted by molar-refractivity contribution is 1.13. The Balaban J connectivity index is 2.63. The van der Waals surface area contributed by atoms with Crippen molar-refractivity contribution in [2.75, 3.05) is 0 Å². The van der Waals surface area contributed by atoms with Crippen molar-refractivity contribution in [3.8, 4) is 0 Å². The van der Waals surface area contributed by atoms with Crippen LogP contribution in [0.1, 0.15) is 6.92 Å². The molecule has 0 amide bonds. The molecular formula is C3H6Br2Mg. The van der Waals surface area contributed by atoms with Crippen LogP contribution in [0, 0.1) is 0 Å². The van der Waals surface area contributed by atoms with Crippen LogP contribution in [-0.4, -0.2) is 23.0 Å². The highest BCUT2D eigenvalue weighted by Gasteiger charge is 1.93. The van der Waals surface area contributed by atoms with Crippen molar-refractivity contribution in [1.82, 2.24) is 0 Å². The zero-order chi connectivity index (χ0) is 4.99. The van der Waals surface area contributed by atoms with E-state index < -0.39 is 0 Å². The van der Waals surface area contributed by atoms with Gasteiger partial charge in [0.05, 0.1) is 0 Å². The van der Waals surface area contributed by atoms with Gasteiger partial charge in [-0.1, -0.05) is 22.9 Å². The topological polar surface area (TPSA) is 0 Å². The van der Waals surface area contributed by atoms with Gasteiger partial charge in [-0.05, 0) is 4.83 Å². The average molecular weight is 226 g/mol. The standard InChI is InChI=1S/C3H6Br.BrH.Mg/c1-3(2)4;;/h3H,1H2,2H3;1H;/q;;+1/p-1. The Morgan fingerprint density at radius 3 is 2.33 bits per heavy atom. The van der Waals surface area contributed by atoms with Gasteiger partial charge < -0.3 is 12.9 Å². The smallest absolute Gasteiger partial charge is 0.307 e. The zero-order valence-corrected chi connectivity index (χ0v) is 8.33. The Labute approximate surface area is 62.8 Å². The number of halogens is 2. The molecule has 1 atom stereocenters. The molecule has 0 saturated carbocycles. The summed E-state index contributed by atoms with van der Waals surface area (Å²) >= 11 is 7.03. The molecule has 0 saturated heterocycles. The van der Waals surface area contributed by atoms with Crippen LogP contribution >= 0.6 is 28.8 Å². The quantitative estimate of drug-likeness (QED) is 0.500. The van der Waals surface area contributed by atoms with Gasteiger partial charge in [-0.15, -0.1) is 4.55 Å². The Hall–Kier alpha value is 1.73. The first-order valence-electron chi connectivity index (χ1n) is 1.97. The van der Waals surface area contributed by atoms with Gasteiger partial charge in [-0.2, -0.15) is 0 Å². The number of alkyl halides is 1. The minimum absolute atomic E-state index is 0.132. The molecule has 0 radical (unpaired) electrons. The fourth-order valence-electron chi connectivity index (χ4n) is 0.150. The zero-order valence-electron chi connectivity index (χ0n) is 3.75. The predicted octanol–water partition coefficient (Wildman–Crippen LogP) is 2.20. The van der Waals surface area contributed by atoms with E-state index >= 15 is 0 Å². The molecule has 6 heavy (non-hydrogen) atoms. The van der Waals surface area contributed by atoms with E-state index in [1.54, 1.807) is 0 Å². The van der Waals surface area contributed by atoms with Crippen LogP contribution in [0.15, 0.2) is 0 Å². The minimum atomic E-state index is 0.132. The van der Waals surface area contributed by atoms with Crippen molar-refractivity contribution in [2.24, 2.45) is 0 Å². The lowest BCUT2D eigenvalue weighted by atomic mass is 10.6. The maximum atomic E-state index is 3.46. The molecule has 3 heteroatoms. The molecule has 0 aliphatic rings. The number of rotatable bonds is 2. The monoisotopic (exact) mass is 224 g/mol. The SMILES string of the molecule is CC(Br)[CH2][Mg][Br]. The molecule has 0 bridgehead atoms. The summed E-state index contributed by atoms with van der Waals surface area (Å²) in [7, 11) is 0. The van der Waals surface area contributed by atoms with E-state index in [1.165, 1.54) is 4.55 Å². The molecule has 0 nitrogen and oxygen atoms in total. The van der Waals surface area contributed by atoms with Crippen LogP contribution in [0.5, 0.6) is 0 Å². The summed E-state index contributed by atoms with van der Waals surface area (Å²) in [5.41, 5.74) is 0. The normalized spacial score (nSPS) is 13.2. The number of hydrogen-bond acceptors (Lipinski definition) is 0. The fourth-order valence-corrected chi connectivity index (χ4v) is 5.04. The molecule has 0 heterocycles. The summed E-state index contributed by atoms with van der Waals surface area (Å²) in [6.45, 7) is 2.17. The highest BCUT2D eigenvalue weighted by molar-refractivity contribution is 9.23.